The van der Waals surface area contributed by atoms with Gasteiger partial charge in [0.1, 0.15) is 16.7 Å². The van der Waals surface area contributed by atoms with Gasteiger partial charge in [-0.1, -0.05) is 53.8 Å². The Balaban J connectivity index is 1.84. The topological polar surface area (TPSA) is 48.0 Å². The van der Waals surface area contributed by atoms with Gasteiger partial charge in [-0.15, -0.1) is 0 Å². The first kappa shape index (κ1) is 23.5. The monoisotopic (exact) mass is 481 g/mol. The number of nitrogens with zero attached hydrogens (tertiary/aromatic N) is 1. The standard InChI is InChI=1S/C22H21ClFNO4S2/c1-3-28-18-11-14(12-19-21(26)25(8-9-27-2)22(30)31-19)10-16(23)20(18)29-13-15-6-4-5-7-17(15)24/h4-7,10-12H,3,8-9,13H2,1-2H3. The summed E-state index contributed by atoms with van der Waals surface area (Å²) in [6.07, 6.45) is 1.71. The van der Waals surface area contributed by atoms with Crippen LogP contribution in [0.25, 0.3) is 6.08 Å². The van der Waals surface area contributed by atoms with Crippen molar-refractivity contribution in [1.29, 1.82) is 0 Å². The minimum absolute atomic E-state index is 0.00394. The number of rotatable bonds is 9. The molecule has 0 saturated carbocycles. The molecule has 0 unspecified atom stereocenters. The molecule has 31 heavy (non-hydrogen) atoms. The van der Waals surface area contributed by atoms with Crippen molar-refractivity contribution in [3.8, 4) is 11.5 Å². The first-order valence-electron chi connectivity index (χ1n) is 9.51. The molecule has 3 rings (SSSR count). The zero-order valence-electron chi connectivity index (χ0n) is 17.0. The summed E-state index contributed by atoms with van der Waals surface area (Å²) in [5, 5.41) is 0.295. The molecule has 0 aromatic heterocycles. The van der Waals surface area contributed by atoms with Gasteiger partial charge in [0, 0.05) is 12.7 Å². The van der Waals surface area contributed by atoms with E-state index < -0.39 is 0 Å². The molecule has 0 radical (unpaired) electrons. The van der Waals surface area contributed by atoms with Crippen molar-refractivity contribution in [2.45, 2.75) is 13.5 Å². The predicted octanol–water partition coefficient (Wildman–Crippen LogP) is 5.30. The Bertz CT molecular complexity index is 1020. The van der Waals surface area contributed by atoms with Gasteiger partial charge >= 0.3 is 0 Å². The Kier molecular flexibility index (Phi) is 8.31. The fourth-order valence-electron chi connectivity index (χ4n) is 2.87. The lowest BCUT2D eigenvalue weighted by Gasteiger charge is -2.15. The Morgan fingerprint density at radius 1 is 1.26 bits per heavy atom. The van der Waals surface area contributed by atoms with Crippen molar-refractivity contribution in [1.82, 2.24) is 4.90 Å². The van der Waals surface area contributed by atoms with E-state index in [1.54, 1.807) is 43.5 Å². The third-order valence-electron chi connectivity index (χ3n) is 4.35. The second-order valence-electron chi connectivity index (χ2n) is 6.47. The smallest absolute Gasteiger partial charge is 0.266 e. The first-order chi connectivity index (χ1) is 14.9. The van der Waals surface area contributed by atoms with Gasteiger partial charge in [-0.05, 0) is 36.8 Å². The lowest BCUT2D eigenvalue weighted by atomic mass is 10.1. The third-order valence-corrected chi connectivity index (χ3v) is 6.01. The summed E-state index contributed by atoms with van der Waals surface area (Å²) < 4.78 is 30.9. The summed E-state index contributed by atoms with van der Waals surface area (Å²) in [5.41, 5.74) is 1.07. The van der Waals surface area contributed by atoms with Crippen molar-refractivity contribution >= 4 is 51.9 Å². The Morgan fingerprint density at radius 2 is 2.03 bits per heavy atom. The van der Waals surface area contributed by atoms with Crippen LogP contribution in [-0.2, 0) is 16.1 Å². The van der Waals surface area contributed by atoms with Gasteiger partial charge in [0.05, 0.1) is 29.7 Å². The molecule has 0 atom stereocenters. The van der Waals surface area contributed by atoms with E-state index >= 15 is 0 Å². The van der Waals surface area contributed by atoms with Crippen molar-refractivity contribution in [3.63, 3.8) is 0 Å². The maximum atomic E-state index is 13.9. The van der Waals surface area contributed by atoms with E-state index in [-0.39, 0.29) is 18.3 Å². The van der Waals surface area contributed by atoms with Crippen molar-refractivity contribution in [3.05, 3.63) is 63.3 Å². The number of thioether (sulfide) groups is 1. The van der Waals surface area contributed by atoms with Gasteiger partial charge in [0.25, 0.3) is 5.91 Å². The lowest BCUT2D eigenvalue weighted by molar-refractivity contribution is -0.122. The number of methoxy groups -OCH3 is 1. The van der Waals surface area contributed by atoms with Crippen molar-refractivity contribution < 1.29 is 23.4 Å². The molecule has 9 heteroatoms. The maximum absolute atomic E-state index is 13.9. The van der Waals surface area contributed by atoms with E-state index in [2.05, 4.69) is 0 Å². The highest BCUT2D eigenvalue weighted by Gasteiger charge is 2.31. The summed E-state index contributed by atoms with van der Waals surface area (Å²) in [5.74, 6) is 0.189. The molecule has 0 N–H and O–H groups in total. The van der Waals surface area contributed by atoms with Crippen molar-refractivity contribution in [2.24, 2.45) is 0 Å². The zero-order valence-corrected chi connectivity index (χ0v) is 19.4. The van der Waals surface area contributed by atoms with Gasteiger partial charge in [-0.25, -0.2) is 4.39 Å². The fourth-order valence-corrected chi connectivity index (χ4v) is 4.45. The molecule has 0 spiro atoms. The van der Waals surface area contributed by atoms with Crippen LogP contribution in [0.3, 0.4) is 0 Å². The van der Waals surface area contributed by atoms with E-state index in [0.29, 0.717) is 56.6 Å². The summed E-state index contributed by atoms with van der Waals surface area (Å²) in [4.78, 5) is 14.6. The van der Waals surface area contributed by atoms with Gasteiger partial charge < -0.3 is 14.2 Å². The van der Waals surface area contributed by atoms with Gasteiger partial charge in [-0.3, -0.25) is 9.69 Å². The van der Waals surface area contributed by atoms with Crippen molar-refractivity contribution in [2.75, 3.05) is 26.9 Å². The summed E-state index contributed by atoms with van der Waals surface area (Å²) >= 11 is 13.0. The number of halogens is 2. The summed E-state index contributed by atoms with van der Waals surface area (Å²) in [6, 6.07) is 9.76. The van der Waals surface area contributed by atoms with Crippen LogP contribution in [0.2, 0.25) is 5.02 Å². The van der Waals surface area contributed by atoms with Crippen LogP contribution < -0.4 is 9.47 Å². The molecular weight excluding hydrogens is 461 g/mol. The normalized spacial score (nSPS) is 15.1. The average Bonchev–Trinajstić information content (AvgIpc) is 3.00. The molecular formula is C22H21ClFNO4S2. The van der Waals surface area contributed by atoms with Crippen LogP contribution in [0.4, 0.5) is 4.39 Å². The first-order valence-corrected chi connectivity index (χ1v) is 11.1. The van der Waals surface area contributed by atoms with E-state index in [9.17, 15) is 9.18 Å². The number of hydrogen-bond donors (Lipinski definition) is 0. The molecule has 1 aliphatic heterocycles. The second-order valence-corrected chi connectivity index (χ2v) is 8.55. The molecule has 0 aliphatic carbocycles. The van der Waals surface area contributed by atoms with Gasteiger partial charge in [-0.2, -0.15) is 0 Å². The predicted molar refractivity (Wildman–Crippen MR) is 125 cm³/mol. The van der Waals surface area contributed by atoms with Crippen LogP contribution >= 0.6 is 35.6 Å². The number of hydrogen-bond acceptors (Lipinski definition) is 6. The van der Waals surface area contributed by atoms with Gasteiger partial charge in [0.15, 0.2) is 11.5 Å². The molecule has 1 heterocycles. The number of thiocarbonyl (C=S) groups is 1. The largest absolute Gasteiger partial charge is 0.490 e. The number of carbonyl (C=O) groups excluding carboxylic acids is 1. The Hall–Kier alpha value is -2.13. The van der Waals surface area contributed by atoms with Crippen LogP contribution in [0, 0.1) is 5.82 Å². The second kappa shape index (κ2) is 10.9. The minimum Gasteiger partial charge on any atom is -0.490 e. The van der Waals surface area contributed by atoms with Crippen LogP contribution in [0.1, 0.15) is 18.1 Å². The molecule has 1 amide bonds. The van der Waals surface area contributed by atoms with Crippen LogP contribution in [0.5, 0.6) is 11.5 Å². The van der Waals surface area contributed by atoms with E-state index in [0.717, 1.165) is 0 Å². The molecule has 5 nitrogen and oxygen atoms in total. The number of amides is 1. The highest BCUT2D eigenvalue weighted by molar-refractivity contribution is 8.26. The molecule has 164 valence electrons. The third kappa shape index (κ3) is 5.77. The molecule has 2 aromatic rings. The van der Waals surface area contributed by atoms with E-state index in [1.807, 2.05) is 6.92 Å². The zero-order chi connectivity index (χ0) is 22.4. The number of benzene rings is 2. The fraction of sp³-hybridized carbons (Fsp3) is 0.273. The van der Waals surface area contributed by atoms with Crippen LogP contribution in [-0.4, -0.2) is 42.0 Å². The highest BCUT2D eigenvalue weighted by atomic mass is 35.5. The van der Waals surface area contributed by atoms with E-state index in [4.69, 9.17) is 38.0 Å². The minimum atomic E-state index is -0.358. The summed E-state index contributed by atoms with van der Waals surface area (Å²) in [7, 11) is 1.57. The van der Waals surface area contributed by atoms with Crippen LogP contribution in [0.15, 0.2) is 41.3 Å². The Labute approximate surface area is 195 Å². The van der Waals surface area contributed by atoms with E-state index in [1.165, 1.54) is 22.7 Å². The summed E-state index contributed by atoms with van der Waals surface area (Å²) in [6.45, 7) is 3.02. The number of ether oxygens (including phenoxy) is 3. The number of carbonyl (C=O) groups is 1. The quantitative estimate of drug-likeness (QED) is 0.357. The Morgan fingerprint density at radius 3 is 2.74 bits per heavy atom. The molecule has 0 bridgehead atoms. The lowest BCUT2D eigenvalue weighted by Crippen LogP contribution is -2.31. The molecule has 1 aliphatic rings. The molecule has 1 fully saturated rings. The molecule has 1 saturated heterocycles. The highest BCUT2D eigenvalue weighted by Crippen LogP contribution is 2.39. The average molecular weight is 482 g/mol. The maximum Gasteiger partial charge on any atom is 0.266 e. The van der Waals surface area contributed by atoms with Gasteiger partial charge in [0.2, 0.25) is 0 Å². The molecule has 2 aromatic carbocycles. The SMILES string of the molecule is CCOc1cc(C=C2SC(=S)N(CCOC)C2=O)cc(Cl)c1OCc1ccccc1F.